The summed E-state index contributed by atoms with van der Waals surface area (Å²) in [5.74, 6) is 1.53. The molecule has 7 nitrogen and oxygen atoms in total. The van der Waals surface area contributed by atoms with Crippen LogP contribution in [0, 0.1) is 5.82 Å². The molecule has 8 heteroatoms. The maximum atomic E-state index is 13.9. The Hall–Kier alpha value is -4.46. The number of rotatable bonds is 8. The van der Waals surface area contributed by atoms with Gasteiger partial charge in [0.05, 0.1) is 31.3 Å². The summed E-state index contributed by atoms with van der Waals surface area (Å²) < 4.78 is 25.2. The number of methoxy groups -OCH3 is 1. The standard InChI is InChI=1S/C30H29FN4O3/c1-34(19-22-7-4-3-5-8-22)30-32-27-15-16-35(28(36)17-21-11-13-24(37-2)14-12-21)20-26(27)29(33-30)38-25-10-6-9-23(31)18-25/h3-14,18H,15-17,19-20H2,1-2H3. The van der Waals surface area contributed by atoms with Gasteiger partial charge in [-0.05, 0) is 35.4 Å². The average molecular weight is 513 g/mol. The fraction of sp³-hybridized carbons (Fsp3) is 0.233. The molecular formula is C30H29FN4O3. The molecule has 0 atom stereocenters. The highest BCUT2D eigenvalue weighted by molar-refractivity contribution is 5.79. The number of carbonyl (C=O) groups is 1. The fourth-order valence-electron chi connectivity index (χ4n) is 4.44. The number of anilines is 1. The number of ether oxygens (including phenoxy) is 2. The van der Waals surface area contributed by atoms with Crippen molar-refractivity contribution in [3.05, 3.63) is 107 Å². The van der Waals surface area contributed by atoms with Crippen LogP contribution in [0.15, 0.2) is 78.9 Å². The molecule has 5 rings (SSSR count). The quantitative estimate of drug-likeness (QED) is 0.324. The van der Waals surface area contributed by atoms with Gasteiger partial charge in [0.2, 0.25) is 17.7 Å². The van der Waals surface area contributed by atoms with Crippen LogP contribution in [0.4, 0.5) is 10.3 Å². The molecule has 2 heterocycles. The van der Waals surface area contributed by atoms with Gasteiger partial charge in [-0.25, -0.2) is 9.37 Å². The van der Waals surface area contributed by atoms with E-state index in [0.717, 1.165) is 28.1 Å². The van der Waals surface area contributed by atoms with Crippen LogP contribution in [0.3, 0.4) is 0 Å². The molecule has 3 aromatic carbocycles. The van der Waals surface area contributed by atoms with Gasteiger partial charge in [0.25, 0.3) is 0 Å². The van der Waals surface area contributed by atoms with E-state index in [2.05, 4.69) is 0 Å². The summed E-state index contributed by atoms with van der Waals surface area (Å²) in [4.78, 5) is 26.5. The minimum Gasteiger partial charge on any atom is -0.497 e. The zero-order chi connectivity index (χ0) is 26.5. The van der Waals surface area contributed by atoms with Crippen molar-refractivity contribution in [2.45, 2.75) is 25.9 Å². The highest BCUT2D eigenvalue weighted by atomic mass is 19.1. The predicted molar refractivity (Wildman–Crippen MR) is 143 cm³/mol. The molecule has 38 heavy (non-hydrogen) atoms. The number of fused-ring (bicyclic) bond motifs is 1. The molecule has 0 radical (unpaired) electrons. The van der Waals surface area contributed by atoms with Crippen molar-refractivity contribution < 1.29 is 18.7 Å². The Morgan fingerprint density at radius 3 is 2.50 bits per heavy atom. The molecule has 0 bridgehead atoms. The van der Waals surface area contributed by atoms with Gasteiger partial charge in [-0.1, -0.05) is 48.5 Å². The SMILES string of the molecule is COc1ccc(CC(=O)N2CCc3nc(N(C)Cc4ccccc4)nc(Oc4cccc(F)c4)c3C2)cc1. The van der Waals surface area contributed by atoms with Crippen LogP contribution in [0.25, 0.3) is 0 Å². The highest BCUT2D eigenvalue weighted by Gasteiger charge is 2.27. The van der Waals surface area contributed by atoms with Crippen molar-refractivity contribution >= 4 is 11.9 Å². The largest absolute Gasteiger partial charge is 0.497 e. The van der Waals surface area contributed by atoms with Crippen LogP contribution in [-0.4, -0.2) is 41.5 Å². The van der Waals surface area contributed by atoms with Crippen molar-refractivity contribution in [2.24, 2.45) is 0 Å². The third kappa shape index (κ3) is 5.91. The first kappa shape index (κ1) is 25.2. The molecule has 194 valence electrons. The minimum absolute atomic E-state index is 0.00259. The van der Waals surface area contributed by atoms with Gasteiger partial charge in [-0.2, -0.15) is 4.98 Å². The second-order valence-corrected chi connectivity index (χ2v) is 9.25. The summed E-state index contributed by atoms with van der Waals surface area (Å²) in [5.41, 5.74) is 3.60. The van der Waals surface area contributed by atoms with Crippen molar-refractivity contribution in [1.29, 1.82) is 0 Å². The second-order valence-electron chi connectivity index (χ2n) is 9.25. The van der Waals surface area contributed by atoms with E-state index in [1.807, 2.05) is 66.5 Å². The molecule has 0 N–H and O–H groups in total. The van der Waals surface area contributed by atoms with E-state index >= 15 is 0 Å². The summed E-state index contributed by atoms with van der Waals surface area (Å²) in [6.07, 6.45) is 0.843. The third-order valence-corrected chi connectivity index (χ3v) is 6.49. The van der Waals surface area contributed by atoms with Crippen molar-refractivity contribution in [3.63, 3.8) is 0 Å². The molecule has 0 unspecified atom stereocenters. The molecular weight excluding hydrogens is 483 g/mol. The van der Waals surface area contributed by atoms with E-state index in [1.165, 1.54) is 12.1 Å². The maximum absolute atomic E-state index is 13.9. The van der Waals surface area contributed by atoms with Crippen LogP contribution < -0.4 is 14.4 Å². The third-order valence-electron chi connectivity index (χ3n) is 6.49. The van der Waals surface area contributed by atoms with Crippen LogP contribution in [-0.2, 0) is 30.7 Å². The van der Waals surface area contributed by atoms with Gasteiger partial charge in [0, 0.05) is 32.6 Å². The lowest BCUT2D eigenvalue weighted by Crippen LogP contribution is -2.38. The van der Waals surface area contributed by atoms with Crippen molar-refractivity contribution in [3.8, 4) is 17.4 Å². The number of nitrogens with zero attached hydrogens (tertiary/aromatic N) is 4. The molecule has 1 amide bonds. The van der Waals surface area contributed by atoms with Crippen molar-refractivity contribution in [1.82, 2.24) is 14.9 Å². The molecule has 0 saturated carbocycles. The van der Waals surface area contributed by atoms with E-state index in [9.17, 15) is 9.18 Å². The lowest BCUT2D eigenvalue weighted by Gasteiger charge is -2.30. The monoisotopic (exact) mass is 512 g/mol. The second kappa shape index (κ2) is 11.3. The Kier molecular flexibility index (Phi) is 7.49. The van der Waals surface area contributed by atoms with Gasteiger partial charge in [0.15, 0.2) is 0 Å². The Bertz CT molecular complexity index is 1410. The van der Waals surface area contributed by atoms with Gasteiger partial charge >= 0.3 is 0 Å². The van der Waals surface area contributed by atoms with Gasteiger partial charge in [0.1, 0.15) is 17.3 Å². The number of amides is 1. The molecule has 0 spiro atoms. The average Bonchev–Trinajstić information content (AvgIpc) is 2.93. The summed E-state index contributed by atoms with van der Waals surface area (Å²) in [5, 5.41) is 0. The number of benzene rings is 3. The molecule has 0 fully saturated rings. The predicted octanol–water partition coefficient (Wildman–Crippen LogP) is 5.18. The van der Waals surface area contributed by atoms with E-state index in [4.69, 9.17) is 19.4 Å². The summed E-state index contributed by atoms with van der Waals surface area (Å²) in [6.45, 7) is 1.48. The molecule has 1 aromatic heterocycles. The Morgan fingerprint density at radius 2 is 1.76 bits per heavy atom. The first-order valence-corrected chi connectivity index (χ1v) is 12.5. The number of carbonyl (C=O) groups excluding carboxylic acids is 1. The molecule has 0 saturated heterocycles. The summed E-state index contributed by atoms with van der Waals surface area (Å²) in [6, 6.07) is 23.5. The zero-order valence-corrected chi connectivity index (χ0v) is 21.4. The smallest absolute Gasteiger partial charge is 0.229 e. The topological polar surface area (TPSA) is 67.8 Å². The summed E-state index contributed by atoms with van der Waals surface area (Å²) in [7, 11) is 3.54. The Morgan fingerprint density at radius 1 is 0.974 bits per heavy atom. The fourth-order valence-corrected chi connectivity index (χ4v) is 4.44. The van der Waals surface area contributed by atoms with Crippen LogP contribution in [0.5, 0.6) is 17.4 Å². The minimum atomic E-state index is -0.400. The van der Waals surface area contributed by atoms with Gasteiger partial charge in [-0.15, -0.1) is 0 Å². The molecule has 4 aromatic rings. The van der Waals surface area contributed by atoms with E-state index < -0.39 is 5.82 Å². The highest BCUT2D eigenvalue weighted by Crippen LogP contribution is 2.32. The Labute approximate surface area is 221 Å². The maximum Gasteiger partial charge on any atom is 0.229 e. The molecule has 1 aliphatic rings. The normalized spacial score (nSPS) is 12.6. The first-order chi connectivity index (χ1) is 18.5. The Balaban J connectivity index is 1.41. The van der Waals surface area contributed by atoms with E-state index in [0.29, 0.717) is 43.6 Å². The molecule has 0 aliphatic carbocycles. The number of hydrogen-bond donors (Lipinski definition) is 0. The first-order valence-electron chi connectivity index (χ1n) is 12.5. The zero-order valence-electron chi connectivity index (χ0n) is 21.4. The van der Waals surface area contributed by atoms with Gasteiger partial charge < -0.3 is 19.3 Å². The summed E-state index contributed by atoms with van der Waals surface area (Å²) >= 11 is 0. The van der Waals surface area contributed by atoms with Crippen molar-refractivity contribution in [2.75, 3.05) is 25.6 Å². The number of halogens is 1. The lowest BCUT2D eigenvalue weighted by molar-refractivity contribution is -0.131. The van der Waals surface area contributed by atoms with E-state index in [1.54, 1.807) is 24.1 Å². The van der Waals surface area contributed by atoms with Crippen LogP contribution in [0.2, 0.25) is 0 Å². The van der Waals surface area contributed by atoms with Gasteiger partial charge in [-0.3, -0.25) is 4.79 Å². The number of aromatic nitrogens is 2. The van der Waals surface area contributed by atoms with Crippen LogP contribution >= 0.6 is 0 Å². The molecule has 1 aliphatic heterocycles. The van der Waals surface area contributed by atoms with Crippen LogP contribution in [0.1, 0.15) is 22.4 Å². The lowest BCUT2D eigenvalue weighted by atomic mass is 10.0. The van der Waals surface area contributed by atoms with E-state index in [-0.39, 0.29) is 12.3 Å². The number of hydrogen-bond acceptors (Lipinski definition) is 6.